The van der Waals surface area contributed by atoms with Crippen LogP contribution in [-0.2, 0) is 4.79 Å². The van der Waals surface area contributed by atoms with Crippen LogP contribution in [0.25, 0.3) is 0 Å². The van der Waals surface area contributed by atoms with Gasteiger partial charge >= 0.3 is 6.03 Å². The van der Waals surface area contributed by atoms with E-state index in [1.165, 1.54) is 6.20 Å². The van der Waals surface area contributed by atoms with E-state index in [1.807, 2.05) is 0 Å². The first-order chi connectivity index (χ1) is 8.53. The van der Waals surface area contributed by atoms with Gasteiger partial charge in [-0.1, -0.05) is 0 Å². The van der Waals surface area contributed by atoms with Gasteiger partial charge in [0.1, 0.15) is 5.54 Å². The van der Waals surface area contributed by atoms with Crippen molar-refractivity contribution in [1.29, 1.82) is 0 Å². The van der Waals surface area contributed by atoms with Crippen molar-refractivity contribution in [2.24, 2.45) is 0 Å². The molecule has 0 radical (unpaired) electrons. The van der Waals surface area contributed by atoms with Gasteiger partial charge < -0.3 is 5.32 Å². The quantitative estimate of drug-likeness (QED) is 0.814. The van der Waals surface area contributed by atoms with Gasteiger partial charge in [0.05, 0.1) is 11.9 Å². The van der Waals surface area contributed by atoms with Crippen molar-refractivity contribution in [2.75, 3.05) is 4.90 Å². The molecule has 1 aliphatic heterocycles. The summed E-state index contributed by atoms with van der Waals surface area (Å²) in [7, 11) is 0. The highest BCUT2D eigenvalue weighted by Crippen LogP contribution is 2.42. The lowest BCUT2D eigenvalue weighted by molar-refractivity contribution is -0.119. The van der Waals surface area contributed by atoms with Crippen molar-refractivity contribution in [2.45, 2.75) is 24.8 Å². The van der Waals surface area contributed by atoms with E-state index in [2.05, 4.69) is 10.3 Å². The van der Waals surface area contributed by atoms with E-state index in [0.29, 0.717) is 12.8 Å². The lowest BCUT2D eigenvalue weighted by atomic mass is 10.2. The van der Waals surface area contributed by atoms with Crippen molar-refractivity contribution in [3.05, 3.63) is 24.0 Å². The molecule has 2 aliphatic rings. The molecule has 1 spiro atoms. The topological polar surface area (TPSA) is 62.3 Å². The number of urea groups is 1. The number of alkyl halides is 2. The minimum atomic E-state index is -2.69. The monoisotopic (exact) mass is 253 g/mol. The molecule has 0 bridgehead atoms. The van der Waals surface area contributed by atoms with Crippen LogP contribution in [0.3, 0.4) is 0 Å². The van der Waals surface area contributed by atoms with E-state index in [1.54, 1.807) is 0 Å². The molecule has 1 saturated heterocycles. The zero-order valence-corrected chi connectivity index (χ0v) is 9.19. The summed E-state index contributed by atoms with van der Waals surface area (Å²) in [6.07, 6.45) is 0.740. The Morgan fingerprint density at radius 1 is 1.33 bits per heavy atom. The fraction of sp³-hybridized carbons (Fsp3) is 0.364. The third-order valence-corrected chi connectivity index (χ3v) is 3.17. The fourth-order valence-electron chi connectivity index (χ4n) is 2.01. The second-order valence-electron chi connectivity index (χ2n) is 4.43. The van der Waals surface area contributed by atoms with Crippen molar-refractivity contribution in [3.63, 3.8) is 0 Å². The number of anilines is 1. The summed E-state index contributed by atoms with van der Waals surface area (Å²) < 4.78 is 25.1. The first-order valence-electron chi connectivity index (χ1n) is 5.43. The highest BCUT2D eigenvalue weighted by molar-refractivity contribution is 6.24. The number of halogens is 2. The summed E-state index contributed by atoms with van der Waals surface area (Å²) in [5, 5.41) is 2.57. The standard InChI is InChI=1S/C11H9F2N3O2/c12-8(13)6-3-7(5-14-4-6)16-9(17)11(1-2-11)15-10(16)18/h3-5,8H,1-2H2,(H,15,18). The van der Waals surface area contributed by atoms with Gasteiger partial charge in [0.15, 0.2) is 0 Å². The van der Waals surface area contributed by atoms with Crippen LogP contribution < -0.4 is 10.2 Å². The van der Waals surface area contributed by atoms with Crippen LogP contribution in [0.2, 0.25) is 0 Å². The van der Waals surface area contributed by atoms with E-state index in [-0.39, 0.29) is 17.2 Å². The van der Waals surface area contributed by atoms with Crippen molar-refractivity contribution in [3.8, 4) is 0 Å². The smallest absolute Gasteiger partial charge is 0.323 e. The van der Waals surface area contributed by atoms with Crippen LogP contribution in [0.15, 0.2) is 18.5 Å². The number of hydrogen-bond acceptors (Lipinski definition) is 3. The van der Waals surface area contributed by atoms with Crippen LogP contribution in [0, 0.1) is 0 Å². The molecule has 2 heterocycles. The van der Waals surface area contributed by atoms with Gasteiger partial charge in [0.2, 0.25) is 0 Å². The normalized spacial score (nSPS) is 20.7. The molecule has 2 fully saturated rings. The molecule has 3 rings (SSSR count). The van der Waals surface area contributed by atoms with Gasteiger partial charge in [-0.2, -0.15) is 0 Å². The molecule has 7 heteroatoms. The Morgan fingerprint density at radius 3 is 2.61 bits per heavy atom. The summed E-state index contributed by atoms with van der Waals surface area (Å²) in [6, 6.07) is 0.530. The molecule has 94 valence electrons. The average Bonchev–Trinajstić information content (AvgIpc) is 3.05. The number of amides is 3. The van der Waals surface area contributed by atoms with Crippen molar-refractivity contribution in [1.82, 2.24) is 10.3 Å². The Kier molecular flexibility index (Phi) is 2.13. The molecule has 3 amide bonds. The molecule has 1 aromatic heterocycles. The maximum Gasteiger partial charge on any atom is 0.329 e. The van der Waals surface area contributed by atoms with Crippen molar-refractivity contribution >= 4 is 17.6 Å². The predicted molar refractivity (Wildman–Crippen MR) is 57.2 cm³/mol. The van der Waals surface area contributed by atoms with Gasteiger partial charge in [-0.3, -0.25) is 9.78 Å². The number of nitrogens with zero attached hydrogens (tertiary/aromatic N) is 2. The molecule has 1 N–H and O–H groups in total. The van der Waals surface area contributed by atoms with Gasteiger partial charge in [-0.25, -0.2) is 18.5 Å². The largest absolute Gasteiger partial charge is 0.329 e. The van der Waals surface area contributed by atoms with Crippen LogP contribution in [-0.4, -0.2) is 22.5 Å². The highest BCUT2D eigenvalue weighted by atomic mass is 19.3. The van der Waals surface area contributed by atoms with Crippen LogP contribution >= 0.6 is 0 Å². The molecule has 5 nitrogen and oxygen atoms in total. The van der Waals surface area contributed by atoms with Crippen LogP contribution in [0.1, 0.15) is 24.8 Å². The molecule has 1 aromatic rings. The van der Waals surface area contributed by atoms with E-state index in [0.717, 1.165) is 17.2 Å². The molecule has 18 heavy (non-hydrogen) atoms. The summed E-state index contributed by atoms with van der Waals surface area (Å²) in [6.45, 7) is 0. The third-order valence-electron chi connectivity index (χ3n) is 3.17. The molecule has 1 aliphatic carbocycles. The molecular weight excluding hydrogens is 244 g/mol. The first-order valence-corrected chi connectivity index (χ1v) is 5.43. The minimum Gasteiger partial charge on any atom is -0.323 e. The second-order valence-corrected chi connectivity index (χ2v) is 4.43. The SMILES string of the molecule is O=C1NC2(CC2)C(=O)N1c1cncc(C(F)F)c1. The summed E-state index contributed by atoms with van der Waals surface area (Å²) in [5.74, 6) is -0.388. The summed E-state index contributed by atoms with van der Waals surface area (Å²) >= 11 is 0. The lowest BCUT2D eigenvalue weighted by Crippen LogP contribution is -2.32. The maximum atomic E-state index is 12.5. The highest BCUT2D eigenvalue weighted by Gasteiger charge is 2.60. The number of hydrogen-bond donors (Lipinski definition) is 1. The third kappa shape index (κ3) is 1.47. The van der Waals surface area contributed by atoms with Gasteiger partial charge in [-0.05, 0) is 18.9 Å². The van der Waals surface area contributed by atoms with Gasteiger partial charge in [0.25, 0.3) is 12.3 Å². The van der Waals surface area contributed by atoms with E-state index in [9.17, 15) is 18.4 Å². The number of carbonyl (C=O) groups is 2. The molecule has 0 atom stereocenters. The number of pyridine rings is 1. The molecule has 0 unspecified atom stereocenters. The molecule has 1 saturated carbocycles. The van der Waals surface area contributed by atoms with Gasteiger partial charge in [0, 0.05) is 11.8 Å². The Hall–Kier alpha value is -2.05. The van der Waals surface area contributed by atoms with E-state index >= 15 is 0 Å². The fourth-order valence-corrected chi connectivity index (χ4v) is 2.01. The zero-order valence-electron chi connectivity index (χ0n) is 9.19. The average molecular weight is 253 g/mol. The lowest BCUT2D eigenvalue weighted by Gasteiger charge is -2.13. The van der Waals surface area contributed by atoms with E-state index in [4.69, 9.17) is 0 Å². The van der Waals surface area contributed by atoms with Gasteiger partial charge in [-0.15, -0.1) is 0 Å². The summed E-state index contributed by atoms with van der Waals surface area (Å²) in [4.78, 5) is 28.2. The molecular formula is C11H9F2N3O2. The number of imide groups is 1. The molecule has 0 aromatic carbocycles. The second kappa shape index (κ2) is 3.47. The predicted octanol–water partition coefficient (Wildman–Crippen LogP) is 1.61. The number of nitrogens with one attached hydrogen (secondary N) is 1. The van der Waals surface area contributed by atoms with E-state index < -0.39 is 18.0 Å². The number of rotatable bonds is 2. The van der Waals surface area contributed by atoms with Crippen LogP contribution in [0.5, 0.6) is 0 Å². The Balaban J connectivity index is 1.97. The first kappa shape index (κ1) is 11.1. The minimum absolute atomic E-state index is 0.0825. The Labute approximate surface area is 101 Å². The number of aromatic nitrogens is 1. The Morgan fingerprint density at radius 2 is 2.06 bits per heavy atom. The summed E-state index contributed by atoms with van der Waals surface area (Å²) in [5.41, 5.74) is -1.03. The van der Waals surface area contributed by atoms with Crippen molar-refractivity contribution < 1.29 is 18.4 Å². The van der Waals surface area contributed by atoms with Crippen LogP contribution in [0.4, 0.5) is 19.3 Å². The maximum absolute atomic E-state index is 12.5. The number of carbonyl (C=O) groups excluding carboxylic acids is 2. The zero-order chi connectivity index (χ0) is 12.9. The Bertz CT molecular complexity index is 543.